The Morgan fingerprint density at radius 2 is 2.05 bits per heavy atom. The first-order chi connectivity index (χ1) is 9.06. The second-order valence-electron chi connectivity index (χ2n) is 3.75. The molecule has 4 nitrogen and oxygen atoms in total. The summed E-state index contributed by atoms with van der Waals surface area (Å²) in [5.41, 5.74) is -0.458. The molecule has 0 spiro atoms. The minimum Gasteiger partial charge on any atom is -0.333 e. The maximum atomic E-state index is 13.3. The third kappa shape index (κ3) is 3.47. The summed E-state index contributed by atoms with van der Waals surface area (Å²) < 4.78 is 26.6. The van der Waals surface area contributed by atoms with Gasteiger partial charge in [-0.15, -0.1) is 11.3 Å². The van der Waals surface area contributed by atoms with Crippen molar-refractivity contribution < 1.29 is 13.6 Å². The highest BCUT2D eigenvalue weighted by Gasteiger charge is 2.11. The van der Waals surface area contributed by atoms with Gasteiger partial charge in [0.05, 0.1) is 11.6 Å². The van der Waals surface area contributed by atoms with Gasteiger partial charge in [-0.2, -0.15) is 0 Å². The van der Waals surface area contributed by atoms with E-state index in [2.05, 4.69) is 15.6 Å². The Bertz CT molecular complexity index is 580. The van der Waals surface area contributed by atoms with Crippen molar-refractivity contribution >= 4 is 23.1 Å². The van der Waals surface area contributed by atoms with E-state index in [4.69, 9.17) is 0 Å². The summed E-state index contributed by atoms with van der Waals surface area (Å²) in [5.74, 6) is -1.63. The van der Waals surface area contributed by atoms with E-state index in [0.717, 1.165) is 22.0 Å². The van der Waals surface area contributed by atoms with Gasteiger partial charge in [-0.05, 0) is 19.1 Å². The number of nitrogens with one attached hydrogen (secondary N) is 2. The number of carbonyl (C=O) groups excluding carboxylic acids is 1. The molecule has 19 heavy (non-hydrogen) atoms. The number of anilines is 1. The fourth-order valence-electron chi connectivity index (χ4n) is 1.43. The largest absolute Gasteiger partial charge is 0.333 e. The second-order valence-corrected chi connectivity index (χ2v) is 5.07. The molecule has 0 aliphatic carbocycles. The molecule has 0 atom stereocenters. The molecule has 1 aromatic heterocycles. The van der Waals surface area contributed by atoms with Crippen molar-refractivity contribution in [3.63, 3.8) is 0 Å². The molecule has 0 unspecified atom stereocenters. The molecule has 0 saturated heterocycles. The number of urea groups is 1. The zero-order valence-corrected chi connectivity index (χ0v) is 10.9. The number of thiazole rings is 1. The molecule has 0 radical (unpaired) electrons. The van der Waals surface area contributed by atoms with Gasteiger partial charge in [0.25, 0.3) is 0 Å². The van der Waals surface area contributed by atoms with E-state index in [1.807, 2.05) is 6.92 Å². The average molecular weight is 283 g/mol. The molecule has 0 aliphatic rings. The lowest BCUT2D eigenvalue weighted by Gasteiger charge is -2.08. The summed E-state index contributed by atoms with van der Waals surface area (Å²) in [6.07, 6.45) is 1.64. The fraction of sp³-hybridized carbons (Fsp3) is 0.167. The predicted molar refractivity (Wildman–Crippen MR) is 69.1 cm³/mol. The van der Waals surface area contributed by atoms with Crippen LogP contribution in [0.4, 0.5) is 19.3 Å². The van der Waals surface area contributed by atoms with Crippen LogP contribution in [0.25, 0.3) is 0 Å². The smallest absolute Gasteiger partial charge is 0.319 e. The number of aryl methyl sites for hydroxylation is 1. The van der Waals surface area contributed by atoms with Crippen molar-refractivity contribution in [1.29, 1.82) is 0 Å². The highest BCUT2D eigenvalue weighted by molar-refractivity contribution is 7.11. The highest BCUT2D eigenvalue weighted by Crippen LogP contribution is 2.17. The number of amides is 2. The molecule has 0 saturated carbocycles. The summed E-state index contributed by atoms with van der Waals surface area (Å²) in [6.45, 7) is 2.11. The zero-order chi connectivity index (χ0) is 13.8. The van der Waals surface area contributed by atoms with E-state index in [1.165, 1.54) is 17.4 Å². The molecule has 100 valence electrons. The fourth-order valence-corrected chi connectivity index (χ4v) is 2.16. The van der Waals surface area contributed by atoms with Gasteiger partial charge in [0, 0.05) is 11.1 Å². The summed E-state index contributed by atoms with van der Waals surface area (Å²) in [5, 5.41) is 5.53. The van der Waals surface area contributed by atoms with E-state index in [9.17, 15) is 13.6 Å². The van der Waals surface area contributed by atoms with E-state index in [1.54, 1.807) is 6.20 Å². The standard InChI is InChI=1S/C12H11F2N3OS/c1-7-15-5-8(19-7)6-16-12(18)17-11-9(13)3-2-4-10(11)14/h2-5H,6H2,1H3,(H2,16,17,18). The quantitative estimate of drug-likeness (QED) is 0.909. The van der Waals surface area contributed by atoms with Crippen LogP contribution < -0.4 is 10.6 Å². The molecule has 2 amide bonds. The number of hydrogen-bond donors (Lipinski definition) is 2. The molecule has 1 aromatic carbocycles. The van der Waals surface area contributed by atoms with Crippen LogP contribution in [0.3, 0.4) is 0 Å². The SMILES string of the molecule is Cc1ncc(CNC(=O)Nc2c(F)cccc2F)s1. The maximum absolute atomic E-state index is 13.3. The van der Waals surface area contributed by atoms with Gasteiger partial charge in [-0.25, -0.2) is 18.6 Å². The number of nitrogens with zero attached hydrogens (tertiary/aromatic N) is 1. The molecular formula is C12H11F2N3OS. The third-order valence-corrected chi connectivity index (χ3v) is 3.21. The molecule has 1 heterocycles. The van der Waals surface area contributed by atoms with E-state index < -0.39 is 23.4 Å². The first-order valence-electron chi connectivity index (χ1n) is 5.46. The maximum Gasteiger partial charge on any atom is 0.319 e. The van der Waals surface area contributed by atoms with Crippen LogP contribution in [0, 0.1) is 18.6 Å². The minimum absolute atomic E-state index is 0.257. The first-order valence-corrected chi connectivity index (χ1v) is 6.28. The van der Waals surface area contributed by atoms with Crippen LogP contribution in [0.2, 0.25) is 0 Å². The lowest BCUT2D eigenvalue weighted by Crippen LogP contribution is -2.28. The Morgan fingerprint density at radius 1 is 1.37 bits per heavy atom. The third-order valence-electron chi connectivity index (χ3n) is 2.29. The lowest BCUT2D eigenvalue weighted by molar-refractivity contribution is 0.251. The van der Waals surface area contributed by atoms with Crippen molar-refractivity contribution in [2.24, 2.45) is 0 Å². The number of aromatic nitrogens is 1. The molecule has 0 fully saturated rings. The molecule has 0 aliphatic heterocycles. The molecule has 2 N–H and O–H groups in total. The van der Waals surface area contributed by atoms with Gasteiger partial charge in [0.1, 0.15) is 17.3 Å². The van der Waals surface area contributed by atoms with Crippen LogP contribution in [0.15, 0.2) is 24.4 Å². The Hall–Kier alpha value is -2.02. The molecule has 2 aromatic rings. The first kappa shape index (κ1) is 13.4. The van der Waals surface area contributed by atoms with Crippen LogP contribution in [0.5, 0.6) is 0 Å². The number of rotatable bonds is 3. The zero-order valence-electron chi connectivity index (χ0n) is 10.0. The number of para-hydroxylation sites is 1. The van der Waals surface area contributed by atoms with Crippen LogP contribution in [-0.4, -0.2) is 11.0 Å². The summed E-state index contributed by atoms with van der Waals surface area (Å²) in [7, 11) is 0. The van der Waals surface area contributed by atoms with E-state index in [0.29, 0.717) is 0 Å². The Balaban J connectivity index is 1.94. The average Bonchev–Trinajstić information content (AvgIpc) is 2.77. The molecular weight excluding hydrogens is 272 g/mol. The number of halogens is 2. The minimum atomic E-state index is -0.816. The normalized spacial score (nSPS) is 10.3. The summed E-state index contributed by atoms with van der Waals surface area (Å²) >= 11 is 1.44. The lowest BCUT2D eigenvalue weighted by atomic mass is 10.3. The van der Waals surface area contributed by atoms with Crippen molar-refractivity contribution in [3.05, 3.63) is 45.9 Å². The highest BCUT2D eigenvalue weighted by atomic mass is 32.1. The van der Waals surface area contributed by atoms with E-state index >= 15 is 0 Å². The predicted octanol–water partition coefficient (Wildman–Crippen LogP) is 3.05. The van der Waals surface area contributed by atoms with Gasteiger partial charge in [-0.1, -0.05) is 6.07 Å². The van der Waals surface area contributed by atoms with Crippen molar-refractivity contribution in [2.45, 2.75) is 13.5 Å². The van der Waals surface area contributed by atoms with Crippen molar-refractivity contribution in [2.75, 3.05) is 5.32 Å². The van der Waals surface area contributed by atoms with Crippen molar-refractivity contribution in [1.82, 2.24) is 10.3 Å². The number of carbonyl (C=O) groups is 1. The van der Waals surface area contributed by atoms with Gasteiger partial charge in [0.2, 0.25) is 0 Å². The Labute approximate surface area is 112 Å². The van der Waals surface area contributed by atoms with Gasteiger partial charge in [0.15, 0.2) is 0 Å². The number of hydrogen-bond acceptors (Lipinski definition) is 3. The molecule has 7 heteroatoms. The van der Waals surface area contributed by atoms with Crippen LogP contribution in [0.1, 0.15) is 9.88 Å². The Kier molecular flexibility index (Phi) is 4.06. The summed E-state index contributed by atoms with van der Waals surface area (Å²) in [4.78, 5) is 16.4. The molecule has 2 rings (SSSR count). The monoisotopic (exact) mass is 283 g/mol. The van der Waals surface area contributed by atoms with Gasteiger partial charge in [-0.3, -0.25) is 0 Å². The van der Waals surface area contributed by atoms with E-state index in [-0.39, 0.29) is 6.54 Å². The summed E-state index contributed by atoms with van der Waals surface area (Å²) in [6, 6.07) is 2.71. The topological polar surface area (TPSA) is 54.0 Å². The van der Waals surface area contributed by atoms with Gasteiger partial charge < -0.3 is 10.6 Å². The van der Waals surface area contributed by atoms with Crippen LogP contribution >= 0.6 is 11.3 Å². The number of benzene rings is 1. The van der Waals surface area contributed by atoms with Crippen molar-refractivity contribution in [3.8, 4) is 0 Å². The molecule has 0 bridgehead atoms. The Morgan fingerprint density at radius 3 is 2.63 bits per heavy atom. The second kappa shape index (κ2) is 5.75. The van der Waals surface area contributed by atoms with Crippen LogP contribution in [-0.2, 0) is 6.54 Å². The van der Waals surface area contributed by atoms with Gasteiger partial charge >= 0.3 is 6.03 Å².